The molecule has 0 aliphatic heterocycles. The summed E-state index contributed by atoms with van der Waals surface area (Å²) in [5.41, 5.74) is 1.60. The first-order valence-corrected chi connectivity index (χ1v) is 8.97. The van der Waals surface area contributed by atoms with Crippen LogP contribution < -0.4 is 4.74 Å². The van der Waals surface area contributed by atoms with Gasteiger partial charge in [-0.2, -0.15) is 0 Å². The number of ether oxygens (including phenoxy) is 2. The van der Waals surface area contributed by atoms with Gasteiger partial charge in [0.1, 0.15) is 5.75 Å². The molecule has 114 valence electrons. The largest absolute Gasteiger partial charge is 0.464 e. The van der Waals surface area contributed by atoms with E-state index >= 15 is 0 Å². The fourth-order valence-electron chi connectivity index (χ4n) is 1.78. The SMILES string of the molecule is COC(C)Oc1csc(-c2ccc(CP(=O)(O)O)cc2)c1. The Morgan fingerprint density at radius 3 is 2.52 bits per heavy atom. The van der Waals surface area contributed by atoms with Crippen molar-refractivity contribution in [3.63, 3.8) is 0 Å². The van der Waals surface area contributed by atoms with Gasteiger partial charge >= 0.3 is 7.60 Å². The van der Waals surface area contributed by atoms with Crippen molar-refractivity contribution in [3.05, 3.63) is 41.3 Å². The van der Waals surface area contributed by atoms with Crippen LogP contribution >= 0.6 is 18.9 Å². The first-order chi connectivity index (χ1) is 9.87. The topological polar surface area (TPSA) is 76.0 Å². The summed E-state index contributed by atoms with van der Waals surface area (Å²) in [6, 6.07) is 9.07. The molecule has 21 heavy (non-hydrogen) atoms. The van der Waals surface area contributed by atoms with Crippen LogP contribution in [-0.4, -0.2) is 23.2 Å². The van der Waals surface area contributed by atoms with Crippen LogP contribution in [0.1, 0.15) is 12.5 Å². The fraction of sp³-hybridized carbons (Fsp3) is 0.286. The monoisotopic (exact) mass is 328 g/mol. The molecule has 0 bridgehead atoms. The molecule has 1 heterocycles. The second-order valence-corrected chi connectivity index (χ2v) is 7.14. The molecule has 2 N–H and O–H groups in total. The smallest absolute Gasteiger partial charge is 0.329 e. The molecule has 0 aliphatic rings. The lowest BCUT2D eigenvalue weighted by molar-refractivity contribution is -0.0379. The summed E-state index contributed by atoms with van der Waals surface area (Å²) in [5, 5.41) is 1.90. The minimum Gasteiger partial charge on any atom is -0.464 e. The third kappa shape index (κ3) is 4.95. The Morgan fingerprint density at radius 1 is 1.29 bits per heavy atom. The van der Waals surface area contributed by atoms with Crippen LogP contribution in [0.2, 0.25) is 0 Å². The molecule has 2 rings (SSSR count). The predicted molar refractivity (Wildman–Crippen MR) is 82.6 cm³/mol. The molecule has 1 aromatic heterocycles. The second kappa shape index (κ2) is 6.73. The predicted octanol–water partition coefficient (Wildman–Crippen LogP) is 3.46. The minimum absolute atomic E-state index is 0.239. The van der Waals surface area contributed by atoms with E-state index in [1.165, 1.54) is 0 Å². The summed E-state index contributed by atoms with van der Waals surface area (Å²) in [7, 11) is -2.44. The minimum atomic E-state index is -4.02. The van der Waals surface area contributed by atoms with Crippen molar-refractivity contribution < 1.29 is 23.8 Å². The Hall–Kier alpha value is -1.17. The van der Waals surface area contributed by atoms with E-state index in [1.807, 2.05) is 30.5 Å². The van der Waals surface area contributed by atoms with Gasteiger partial charge in [-0.25, -0.2) is 0 Å². The maximum Gasteiger partial charge on any atom is 0.329 e. The summed E-state index contributed by atoms with van der Waals surface area (Å²) in [4.78, 5) is 18.9. The zero-order valence-corrected chi connectivity index (χ0v) is 13.4. The molecule has 1 aromatic carbocycles. The molecule has 7 heteroatoms. The first-order valence-electron chi connectivity index (χ1n) is 6.29. The summed E-state index contributed by atoms with van der Waals surface area (Å²) >= 11 is 1.54. The van der Waals surface area contributed by atoms with Gasteiger partial charge in [0.05, 0.1) is 6.16 Å². The Bertz CT molecular complexity index is 631. The van der Waals surface area contributed by atoms with E-state index in [4.69, 9.17) is 19.3 Å². The maximum atomic E-state index is 11.0. The fourth-order valence-corrected chi connectivity index (χ4v) is 3.29. The van der Waals surface area contributed by atoms with Gasteiger partial charge in [0.15, 0.2) is 6.29 Å². The zero-order valence-electron chi connectivity index (χ0n) is 11.7. The first kappa shape index (κ1) is 16.2. The summed E-state index contributed by atoms with van der Waals surface area (Å²) < 4.78 is 21.5. The molecule has 0 aliphatic carbocycles. The van der Waals surface area contributed by atoms with Crippen LogP contribution in [0.3, 0.4) is 0 Å². The van der Waals surface area contributed by atoms with E-state index in [1.54, 1.807) is 30.6 Å². The number of benzene rings is 1. The van der Waals surface area contributed by atoms with Crippen molar-refractivity contribution in [1.29, 1.82) is 0 Å². The van der Waals surface area contributed by atoms with Crippen LogP contribution in [-0.2, 0) is 15.5 Å². The third-order valence-electron chi connectivity index (χ3n) is 2.84. The third-order valence-corrected chi connectivity index (χ3v) is 4.57. The van der Waals surface area contributed by atoms with Crippen molar-refractivity contribution in [2.24, 2.45) is 0 Å². The van der Waals surface area contributed by atoms with Crippen molar-refractivity contribution >= 4 is 18.9 Å². The molecule has 0 saturated carbocycles. The highest BCUT2D eigenvalue weighted by Gasteiger charge is 2.14. The number of hydrogen-bond donors (Lipinski definition) is 2. The average Bonchev–Trinajstić information content (AvgIpc) is 2.86. The molecule has 1 atom stereocenters. The molecule has 0 amide bonds. The van der Waals surface area contributed by atoms with Crippen molar-refractivity contribution in [3.8, 4) is 16.2 Å². The van der Waals surface area contributed by atoms with E-state index in [0.717, 1.165) is 16.2 Å². The number of thiophene rings is 1. The Kier molecular flexibility index (Phi) is 5.19. The van der Waals surface area contributed by atoms with E-state index in [0.29, 0.717) is 5.56 Å². The lowest BCUT2D eigenvalue weighted by Crippen LogP contribution is -2.12. The van der Waals surface area contributed by atoms with Gasteiger partial charge in [-0.1, -0.05) is 24.3 Å². The van der Waals surface area contributed by atoms with Gasteiger partial charge in [0.25, 0.3) is 0 Å². The quantitative estimate of drug-likeness (QED) is 0.627. The second-order valence-electron chi connectivity index (χ2n) is 4.59. The van der Waals surface area contributed by atoms with Crippen LogP contribution in [0, 0.1) is 0 Å². The van der Waals surface area contributed by atoms with Crippen molar-refractivity contribution in [2.75, 3.05) is 7.11 Å². The Morgan fingerprint density at radius 2 is 1.95 bits per heavy atom. The van der Waals surface area contributed by atoms with Crippen LogP contribution in [0.5, 0.6) is 5.75 Å². The van der Waals surface area contributed by atoms with Gasteiger partial charge in [-0.05, 0) is 24.1 Å². The van der Waals surface area contributed by atoms with E-state index in [-0.39, 0.29) is 12.5 Å². The molecular formula is C14H17O5PS. The molecule has 2 aromatic rings. The lowest BCUT2D eigenvalue weighted by atomic mass is 10.1. The molecule has 0 fully saturated rings. The van der Waals surface area contributed by atoms with Crippen LogP contribution in [0.4, 0.5) is 0 Å². The lowest BCUT2D eigenvalue weighted by Gasteiger charge is -2.10. The highest BCUT2D eigenvalue weighted by Crippen LogP contribution is 2.39. The zero-order chi connectivity index (χ0) is 15.5. The standard InChI is InChI=1S/C14H17O5PS/c1-10(18-2)19-13-7-14(21-9-13)12-5-3-11(4-6-12)8-20(15,16)17/h3-7,9-10H,8H2,1-2H3,(H2,15,16,17). The van der Waals surface area contributed by atoms with Gasteiger partial charge < -0.3 is 19.3 Å². The van der Waals surface area contributed by atoms with E-state index in [9.17, 15) is 4.57 Å². The molecule has 5 nitrogen and oxygen atoms in total. The number of methoxy groups -OCH3 is 1. The molecular weight excluding hydrogens is 311 g/mol. The molecule has 0 saturated heterocycles. The highest BCUT2D eigenvalue weighted by molar-refractivity contribution is 7.50. The van der Waals surface area contributed by atoms with Crippen molar-refractivity contribution in [2.45, 2.75) is 19.4 Å². The van der Waals surface area contributed by atoms with Gasteiger partial charge in [0.2, 0.25) is 0 Å². The van der Waals surface area contributed by atoms with E-state index < -0.39 is 7.60 Å². The normalized spacial score (nSPS) is 13.1. The summed E-state index contributed by atoms with van der Waals surface area (Å²) in [6.45, 7) is 1.81. The number of hydrogen-bond acceptors (Lipinski definition) is 4. The summed E-state index contributed by atoms with van der Waals surface area (Å²) in [6.07, 6.45) is -0.546. The molecule has 1 unspecified atom stereocenters. The molecule has 0 radical (unpaired) electrons. The van der Waals surface area contributed by atoms with Gasteiger partial charge in [-0.3, -0.25) is 4.57 Å². The maximum absolute atomic E-state index is 11.0. The van der Waals surface area contributed by atoms with E-state index in [2.05, 4.69) is 0 Å². The van der Waals surface area contributed by atoms with Crippen LogP contribution in [0.25, 0.3) is 10.4 Å². The summed E-state index contributed by atoms with van der Waals surface area (Å²) in [5.74, 6) is 0.739. The Labute approximate surface area is 127 Å². The van der Waals surface area contributed by atoms with Crippen molar-refractivity contribution in [1.82, 2.24) is 0 Å². The van der Waals surface area contributed by atoms with Gasteiger partial charge in [-0.15, -0.1) is 11.3 Å². The highest BCUT2D eigenvalue weighted by atomic mass is 32.1. The van der Waals surface area contributed by atoms with Gasteiger partial charge in [0, 0.05) is 17.4 Å². The Balaban J connectivity index is 2.10. The average molecular weight is 328 g/mol. The number of rotatable bonds is 6. The van der Waals surface area contributed by atoms with Crippen LogP contribution in [0.15, 0.2) is 35.7 Å². The molecule has 0 spiro atoms.